The van der Waals surface area contributed by atoms with Gasteiger partial charge in [-0.15, -0.1) is 0 Å². The Labute approximate surface area is 175 Å². The van der Waals surface area contributed by atoms with Crippen molar-refractivity contribution in [1.82, 2.24) is 9.97 Å². The fraction of sp³-hybridized carbons (Fsp3) is 0.455. The van der Waals surface area contributed by atoms with Gasteiger partial charge in [-0.05, 0) is 49.4 Å². The van der Waals surface area contributed by atoms with Crippen LogP contribution in [0.3, 0.4) is 0 Å². The number of benzene rings is 1. The first-order valence-corrected chi connectivity index (χ1v) is 11.4. The Balaban J connectivity index is 2.59. The number of halogens is 1. The largest absolute Gasteiger partial charge is 0.393 e. The van der Waals surface area contributed by atoms with E-state index >= 15 is 0 Å². The third-order valence-electron chi connectivity index (χ3n) is 4.72. The molecule has 0 saturated carbocycles. The maximum absolute atomic E-state index is 13.5. The van der Waals surface area contributed by atoms with Crippen molar-refractivity contribution in [1.29, 1.82) is 0 Å². The van der Waals surface area contributed by atoms with Gasteiger partial charge in [0.2, 0.25) is 5.95 Å². The van der Waals surface area contributed by atoms with Gasteiger partial charge in [-0.25, -0.2) is 18.6 Å². The molecule has 1 aromatic heterocycles. The van der Waals surface area contributed by atoms with E-state index in [4.69, 9.17) is 0 Å². The Morgan fingerprint density at radius 2 is 1.90 bits per heavy atom. The van der Waals surface area contributed by atoms with Gasteiger partial charge < -0.3 is 5.11 Å². The van der Waals surface area contributed by atoms with Crippen molar-refractivity contribution in [3.63, 3.8) is 0 Å². The average Bonchev–Trinajstić information content (AvgIpc) is 2.70. The maximum atomic E-state index is 13.5. The summed E-state index contributed by atoms with van der Waals surface area (Å²) >= 11 is 0. The second-order valence-corrected chi connectivity index (χ2v) is 8.69. The molecule has 2 atom stereocenters. The summed E-state index contributed by atoms with van der Waals surface area (Å²) in [6.45, 7) is 6.04. The lowest BCUT2D eigenvalue weighted by Crippen LogP contribution is -2.22. The van der Waals surface area contributed by atoms with Crippen molar-refractivity contribution in [3.8, 4) is 11.3 Å². The van der Waals surface area contributed by atoms with E-state index in [1.807, 2.05) is 32.9 Å². The van der Waals surface area contributed by atoms with Crippen molar-refractivity contribution in [2.75, 3.05) is 17.6 Å². The Bertz CT molecular complexity index is 869. The van der Waals surface area contributed by atoms with Crippen LogP contribution in [0, 0.1) is 5.82 Å². The number of hydrogen-bond donors (Lipinski definition) is 1. The van der Waals surface area contributed by atoms with Gasteiger partial charge in [0.05, 0.1) is 17.5 Å². The van der Waals surface area contributed by atoms with Crippen LogP contribution in [0.25, 0.3) is 17.3 Å². The monoisotopic (exact) mass is 419 g/mol. The summed E-state index contributed by atoms with van der Waals surface area (Å²) in [5, 5.41) is 9.78. The van der Waals surface area contributed by atoms with Crippen LogP contribution in [0.5, 0.6) is 0 Å². The molecule has 1 N–H and O–H groups in total. The molecular formula is C22H30FN3O2S. The van der Waals surface area contributed by atoms with E-state index in [1.54, 1.807) is 25.4 Å². The molecular weight excluding hydrogens is 389 g/mol. The van der Waals surface area contributed by atoms with Crippen molar-refractivity contribution >= 4 is 23.0 Å². The Kier molecular flexibility index (Phi) is 8.46. The molecule has 0 fully saturated rings. The van der Waals surface area contributed by atoms with Crippen molar-refractivity contribution in [3.05, 3.63) is 47.4 Å². The molecule has 0 bridgehead atoms. The van der Waals surface area contributed by atoms with E-state index in [-0.39, 0.29) is 17.8 Å². The summed E-state index contributed by atoms with van der Waals surface area (Å²) < 4.78 is 27.0. The van der Waals surface area contributed by atoms with Gasteiger partial charge in [0.1, 0.15) is 16.8 Å². The molecule has 158 valence electrons. The number of rotatable bonds is 9. The van der Waals surface area contributed by atoms with Gasteiger partial charge in [-0.2, -0.15) is 0 Å². The van der Waals surface area contributed by atoms with Crippen LogP contribution in [0.4, 0.5) is 10.3 Å². The predicted molar refractivity (Wildman–Crippen MR) is 119 cm³/mol. The molecule has 0 aliphatic heterocycles. The lowest BCUT2D eigenvalue weighted by atomic mass is 9.97. The van der Waals surface area contributed by atoms with E-state index in [2.05, 4.69) is 9.97 Å². The number of allylic oxidation sites excluding steroid dienone is 1. The van der Waals surface area contributed by atoms with Crippen LogP contribution in [0.2, 0.25) is 0 Å². The van der Waals surface area contributed by atoms with Crippen LogP contribution in [0.15, 0.2) is 30.3 Å². The first-order valence-electron chi connectivity index (χ1n) is 9.84. The number of nitrogens with zero attached hydrogens (tertiary/aromatic N) is 3. The molecule has 1 aromatic carbocycles. The van der Waals surface area contributed by atoms with Gasteiger partial charge in [-0.1, -0.05) is 32.9 Å². The summed E-state index contributed by atoms with van der Waals surface area (Å²) in [5.41, 5.74) is 3.12. The lowest BCUT2D eigenvalue weighted by Gasteiger charge is -2.20. The first kappa shape index (κ1) is 23.2. The zero-order valence-electron chi connectivity index (χ0n) is 17.7. The minimum absolute atomic E-state index is 0.107. The number of hydrogen-bond acceptors (Lipinski definition) is 4. The summed E-state index contributed by atoms with van der Waals surface area (Å²) in [4.78, 5) is 9.34. The molecule has 0 radical (unpaired) electrons. The van der Waals surface area contributed by atoms with Crippen LogP contribution in [0.1, 0.15) is 57.2 Å². The maximum Gasteiger partial charge on any atom is 0.237 e. The quantitative estimate of drug-likeness (QED) is 0.640. The summed E-state index contributed by atoms with van der Waals surface area (Å²) in [7, 11) is 0.418. The Hall–Kier alpha value is -2.12. The molecule has 1 heterocycles. The van der Waals surface area contributed by atoms with Crippen LogP contribution in [-0.2, 0) is 11.0 Å². The molecule has 2 unspecified atom stereocenters. The van der Waals surface area contributed by atoms with Crippen LogP contribution in [-0.4, -0.2) is 38.7 Å². The highest BCUT2D eigenvalue weighted by Crippen LogP contribution is 2.31. The topological polar surface area (TPSA) is 66.3 Å². The van der Waals surface area contributed by atoms with Gasteiger partial charge in [0.15, 0.2) is 0 Å². The highest BCUT2D eigenvalue weighted by atomic mass is 32.2. The molecule has 5 nitrogen and oxygen atoms in total. The summed E-state index contributed by atoms with van der Waals surface area (Å²) in [6, 6.07) is 6.18. The molecule has 7 heteroatoms. The van der Waals surface area contributed by atoms with Gasteiger partial charge in [0.25, 0.3) is 0 Å². The van der Waals surface area contributed by atoms with Crippen LogP contribution < -0.4 is 4.31 Å². The SMILES string of the molecule is CCC(O)CC/C=C/c1c(-c2ccc(F)cc2)nc(N(C)S(C)=O)nc1C(C)C. The van der Waals surface area contributed by atoms with E-state index in [0.717, 1.165) is 29.7 Å². The van der Waals surface area contributed by atoms with Crippen molar-refractivity contribution < 1.29 is 13.7 Å². The lowest BCUT2D eigenvalue weighted by molar-refractivity contribution is 0.161. The fourth-order valence-electron chi connectivity index (χ4n) is 2.86. The van der Waals surface area contributed by atoms with Crippen LogP contribution >= 0.6 is 0 Å². The van der Waals surface area contributed by atoms with Gasteiger partial charge in [0, 0.05) is 24.4 Å². The number of aliphatic hydroxyl groups is 1. The molecule has 0 spiro atoms. The normalized spacial score (nSPS) is 13.8. The molecule has 2 aromatic rings. The minimum Gasteiger partial charge on any atom is -0.393 e. The zero-order chi connectivity index (χ0) is 21.6. The highest BCUT2D eigenvalue weighted by molar-refractivity contribution is 7.85. The minimum atomic E-state index is -1.27. The van der Waals surface area contributed by atoms with Gasteiger partial charge >= 0.3 is 0 Å². The van der Waals surface area contributed by atoms with E-state index in [9.17, 15) is 13.7 Å². The third kappa shape index (κ3) is 6.18. The van der Waals surface area contributed by atoms with E-state index < -0.39 is 11.0 Å². The number of aliphatic hydroxyl groups excluding tert-OH is 1. The van der Waals surface area contributed by atoms with Crippen molar-refractivity contribution in [2.24, 2.45) is 0 Å². The smallest absolute Gasteiger partial charge is 0.237 e. The van der Waals surface area contributed by atoms with E-state index in [0.29, 0.717) is 18.1 Å². The number of aromatic nitrogens is 2. The second kappa shape index (κ2) is 10.6. The standard InChI is InChI=1S/C22H30FN3O2S/c1-6-18(27)9-7-8-10-19-20(15(2)3)24-22(26(4)29(5)28)25-21(19)16-11-13-17(23)14-12-16/h8,10-15,18,27H,6-7,9H2,1-5H3/b10-8+. The molecule has 0 amide bonds. The molecule has 0 aliphatic carbocycles. The van der Waals surface area contributed by atoms with Gasteiger partial charge in [-0.3, -0.25) is 4.31 Å². The van der Waals surface area contributed by atoms with Crippen molar-refractivity contribution in [2.45, 2.75) is 52.1 Å². The summed E-state index contributed by atoms with van der Waals surface area (Å²) in [6.07, 6.45) is 7.39. The summed E-state index contributed by atoms with van der Waals surface area (Å²) in [5.74, 6) is 0.160. The van der Waals surface area contributed by atoms with E-state index in [1.165, 1.54) is 16.4 Å². The first-order chi connectivity index (χ1) is 13.7. The third-order valence-corrected chi connectivity index (χ3v) is 5.65. The molecule has 0 saturated heterocycles. The Morgan fingerprint density at radius 3 is 2.45 bits per heavy atom. The number of anilines is 1. The fourth-order valence-corrected chi connectivity index (χ4v) is 3.17. The molecule has 29 heavy (non-hydrogen) atoms. The second-order valence-electron chi connectivity index (χ2n) is 7.30. The Morgan fingerprint density at radius 1 is 1.24 bits per heavy atom. The molecule has 2 rings (SSSR count). The molecule has 0 aliphatic rings. The predicted octanol–water partition coefficient (Wildman–Crippen LogP) is 4.70. The average molecular weight is 420 g/mol. The zero-order valence-corrected chi connectivity index (χ0v) is 18.5. The highest BCUT2D eigenvalue weighted by Gasteiger charge is 2.19.